The predicted molar refractivity (Wildman–Crippen MR) is 117 cm³/mol. The minimum atomic E-state index is -9.80. The van der Waals surface area contributed by atoms with Gasteiger partial charge in [-0.1, -0.05) is 19.4 Å². The van der Waals surface area contributed by atoms with Crippen LogP contribution >= 0.6 is 10.2 Å². The van der Waals surface area contributed by atoms with Gasteiger partial charge in [0.2, 0.25) is 5.95 Å². The molecule has 0 aromatic carbocycles. The first-order chi connectivity index (χ1) is 15.8. The van der Waals surface area contributed by atoms with Gasteiger partial charge in [0.05, 0.1) is 41.5 Å². The maximum atomic E-state index is 12.9. The van der Waals surface area contributed by atoms with Gasteiger partial charge < -0.3 is 14.9 Å². The van der Waals surface area contributed by atoms with Gasteiger partial charge in [-0.2, -0.15) is 4.98 Å². The number of piperidine rings is 1. The quantitative estimate of drug-likeness (QED) is 0.582. The Morgan fingerprint density at radius 2 is 1.71 bits per heavy atom. The number of halogens is 5. The molecule has 1 saturated heterocycles. The van der Waals surface area contributed by atoms with E-state index in [0.717, 1.165) is 19.3 Å². The monoisotopic (exact) mass is 526 g/mol. The average molecular weight is 527 g/mol. The van der Waals surface area contributed by atoms with E-state index in [2.05, 4.69) is 19.9 Å². The normalized spacial score (nSPS) is 24.8. The lowest BCUT2D eigenvalue weighted by molar-refractivity contribution is 0.119. The van der Waals surface area contributed by atoms with E-state index in [1.807, 2.05) is 9.80 Å². The maximum absolute atomic E-state index is 12.9. The first-order valence-corrected chi connectivity index (χ1v) is 14.0. The second-order valence-corrected chi connectivity index (χ2v) is 12.8. The van der Waals surface area contributed by atoms with Crippen LogP contribution in [0.1, 0.15) is 43.8 Å². The van der Waals surface area contributed by atoms with Crippen LogP contribution < -0.4 is 9.80 Å². The number of rotatable bonds is 5. The van der Waals surface area contributed by atoms with Gasteiger partial charge >= 0.3 is 10.2 Å². The summed E-state index contributed by atoms with van der Waals surface area (Å²) in [6, 6.07) is 0. The Bertz CT molecular complexity index is 1130. The Morgan fingerprint density at radius 1 is 1.06 bits per heavy atom. The van der Waals surface area contributed by atoms with E-state index in [-0.39, 0.29) is 36.6 Å². The molecule has 2 aromatic heterocycles. The summed E-state index contributed by atoms with van der Waals surface area (Å²) in [5.74, 6) is 1.08. The number of fused-ring (bicyclic) bond motifs is 1. The first kappa shape index (κ1) is 23.6. The molecule has 2 fully saturated rings. The van der Waals surface area contributed by atoms with E-state index in [0.29, 0.717) is 42.6 Å². The highest BCUT2D eigenvalue weighted by atomic mass is 32.5. The second-order valence-electron chi connectivity index (χ2n) is 9.00. The Morgan fingerprint density at radius 3 is 2.24 bits per heavy atom. The fourth-order valence-corrected chi connectivity index (χ4v) is 6.44. The number of hydrogen-bond acceptors (Lipinski definition) is 8. The standard InChI is InChI=1S/C19H23F5N6O2S2/c20-34(21,22,23,24)14-8-25-16(26-9-14)13-2-6-29(7-3-13)18-27-10-15-17(28-18)30(12-33(15)32)19(11-31)4-1-5-19/h8-10,13,31H,1-7,11-12H2. The van der Waals surface area contributed by atoms with E-state index in [9.17, 15) is 28.7 Å². The fourth-order valence-electron chi connectivity index (χ4n) is 4.64. The van der Waals surface area contributed by atoms with Crippen molar-refractivity contribution >= 4 is 32.8 Å². The van der Waals surface area contributed by atoms with Crippen molar-refractivity contribution < 1.29 is 28.7 Å². The van der Waals surface area contributed by atoms with Crippen LogP contribution in [0.5, 0.6) is 0 Å². The molecule has 1 saturated carbocycles. The number of aromatic nitrogens is 4. The molecule has 4 heterocycles. The van der Waals surface area contributed by atoms with Crippen molar-refractivity contribution in [3.8, 4) is 0 Å². The van der Waals surface area contributed by atoms with Crippen molar-refractivity contribution in [2.45, 2.75) is 53.4 Å². The van der Waals surface area contributed by atoms with E-state index >= 15 is 0 Å². The molecule has 5 rings (SSSR count). The third-order valence-electron chi connectivity index (χ3n) is 6.86. The van der Waals surface area contributed by atoms with Crippen LogP contribution in [-0.4, -0.2) is 60.4 Å². The molecule has 15 heteroatoms. The van der Waals surface area contributed by atoms with Crippen LogP contribution in [0.2, 0.25) is 0 Å². The van der Waals surface area contributed by atoms with Crippen molar-refractivity contribution in [3.63, 3.8) is 0 Å². The molecule has 0 radical (unpaired) electrons. The molecule has 2 aromatic rings. The molecule has 8 nitrogen and oxygen atoms in total. The Labute approximate surface area is 194 Å². The summed E-state index contributed by atoms with van der Waals surface area (Å²) in [4.78, 5) is 18.5. The van der Waals surface area contributed by atoms with Gasteiger partial charge in [0, 0.05) is 19.0 Å². The SMILES string of the molecule is O=S1CN(C2(CO)CCC2)c2nc(N3CCC(c4ncc(S(F)(F)(F)(F)F)cn4)CC3)ncc21. The molecule has 0 amide bonds. The highest BCUT2D eigenvalue weighted by Gasteiger charge is 2.66. The van der Waals surface area contributed by atoms with Crippen LogP contribution in [0.15, 0.2) is 28.4 Å². The van der Waals surface area contributed by atoms with E-state index in [1.54, 1.807) is 6.20 Å². The molecule has 1 aliphatic carbocycles. The summed E-state index contributed by atoms with van der Waals surface area (Å²) in [7, 11) is -11.1. The molecule has 1 unspecified atom stereocenters. The summed E-state index contributed by atoms with van der Waals surface area (Å²) >= 11 is 0. The highest BCUT2D eigenvalue weighted by molar-refractivity contribution is 8.45. The van der Waals surface area contributed by atoms with Crippen LogP contribution in [0.3, 0.4) is 0 Å². The topological polar surface area (TPSA) is 95.3 Å². The Balaban J connectivity index is 1.30. The van der Waals surface area contributed by atoms with Gasteiger partial charge in [0.1, 0.15) is 21.5 Å². The lowest BCUT2D eigenvalue weighted by Crippen LogP contribution is -2.56. The number of hydrogen-bond donors (Lipinski definition) is 1. The molecular weight excluding hydrogens is 503 g/mol. The molecule has 188 valence electrons. The smallest absolute Gasteiger partial charge is 0.313 e. The largest absolute Gasteiger partial charge is 0.394 e. The van der Waals surface area contributed by atoms with E-state index < -0.39 is 31.5 Å². The zero-order valence-corrected chi connectivity index (χ0v) is 19.6. The number of anilines is 2. The van der Waals surface area contributed by atoms with Crippen molar-refractivity contribution in [2.24, 2.45) is 0 Å². The van der Waals surface area contributed by atoms with Crippen molar-refractivity contribution in [1.29, 1.82) is 0 Å². The summed E-state index contributed by atoms with van der Waals surface area (Å²) in [5.41, 5.74) is -0.446. The molecule has 1 atom stereocenters. The summed E-state index contributed by atoms with van der Waals surface area (Å²) in [6.07, 6.45) is 5.40. The van der Waals surface area contributed by atoms with Gasteiger partial charge in [0.25, 0.3) is 0 Å². The van der Waals surface area contributed by atoms with E-state index in [1.165, 1.54) is 0 Å². The van der Waals surface area contributed by atoms with Gasteiger partial charge in [0.15, 0.2) is 5.82 Å². The molecule has 34 heavy (non-hydrogen) atoms. The zero-order valence-electron chi connectivity index (χ0n) is 17.9. The molecular formula is C19H23F5N6O2S2. The van der Waals surface area contributed by atoms with Gasteiger partial charge in [-0.05, 0) is 32.1 Å². The Kier molecular flexibility index (Phi) is 5.00. The third-order valence-corrected chi connectivity index (χ3v) is 9.23. The fraction of sp³-hybridized carbons (Fsp3) is 0.579. The van der Waals surface area contributed by atoms with Crippen molar-refractivity contribution in [2.75, 3.05) is 35.4 Å². The summed E-state index contributed by atoms with van der Waals surface area (Å²) in [6.45, 7) is 0.879. The lowest BCUT2D eigenvalue weighted by Gasteiger charge is -2.47. The molecule has 0 bridgehead atoms. The molecule has 0 spiro atoms. The number of aliphatic hydroxyl groups excluding tert-OH is 1. The number of aliphatic hydroxyl groups is 1. The lowest BCUT2D eigenvalue weighted by atomic mass is 9.76. The van der Waals surface area contributed by atoms with Crippen LogP contribution in [0, 0.1) is 0 Å². The third kappa shape index (κ3) is 4.11. The highest BCUT2D eigenvalue weighted by Crippen LogP contribution is 3.01. The second kappa shape index (κ2) is 7.20. The van der Waals surface area contributed by atoms with E-state index in [4.69, 9.17) is 0 Å². The Hall–Kier alpha value is -2.13. The van der Waals surface area contributed by atoms with Crippen molar-refractivity contribution in [1.82, 2.24) is 19.9 Å². The zero-order chi connectivity index (χ0) is 24.4. The average Bonchev–Trinajstić information content (AvgIpc) is 3.08. The van der Waals surface area contributed by atoms with Crippen LogP contribution in [0.4, 0.5) is 31.2 Å². The maximum Gasteiger partial charge on any atom is 0.313 e. The molecule has 1 N–H and O–H groups in total. The minimum Gasteiger partial charge on any atom is -0.394 e. The predicted octanol–water partition coefficient (Wildman–Crippen LogP) is 4.11. The molecule has 2 aliphatic heterocycles. The van der Waals surface area contributed by atoms with Gasteiger partial charge in [-0.3, -0.25) is 4.21 Å². The molecule has 3 aliphatic rings. The summed E-state index contributed by atoms with van der Waals surface area (Å²) < 4.78 is 77.0. The number of nitrogens with zero attached hydrogens (tertiary/aromatic N) is 6. The van der Waals surface area contributed by atoms with Gasteiger partial charge in [-0.15, -0.1) is 0 Å². The van der Waals surface area contributed by atoms with Gasteiger partial charge in [-0.25, -0.2) is 15.0 Å². The van der Waals surface area contributed by atoms with Crippen LogP contribution in [-0.2, 0) is 10.8 Å². The summed E-state index contributed by atoms with van der Waals surface area (Å²) in [5, 5.41) is 9.95. The van der Waals surface area contributed by atoms with Crippen LogP contribution in [0.25, 0.3) is 0 Å². The van der Waals surface area contributed by atoms with Crippen molar-refractivity contribution in [3.05, 3.63) is 24.4 Å². The first-order valence-electron chi connectivity index (χ1n) is 10.7. The minimum absolute atomic E-state index is 0.0465.